The minimum absolute atomic E-state index is 0.0744. The molecule has 4 nitrogen and oxygen atoms in total. The molecular weight excluding hydrogens is 338 g/mol. The minimum Gasteiger partial charge on any atom is -0.347 e. The summed E-state index contributed by atoms with van der Waals surface area (Å²) in [5, 5.41) is 8.03. The van der Waals surface area contributed by atoms with E-state index in [-0.39, 0.29) is 11.9 Å². The fourth-order valence-electron chi connectivity index (χ4n) is 2.39. The van der Waals surface area contributed by atoms with E-state index in [0.29, 0.717) is 6.42 Å². The maximum atomic E-state index is 12.1. The van der Waals surface area contributed by atoms with E-state index in [4.69, 9.17) is 0 Å². The second-order valence-corrected chi connectivity index (χ2v) is 7.46. The van der Waals surface area contributed by atoms with Gasteiger partial charge in [-0.1, -0.05) is 6.07 Å². The highest BCUT2D eigenvalue weighted by Gasteiger charge is 2.14. The van der Waals surface area contributed by atoms with Crippen molar-refractivity contribution in [3.8, 4) is 11.3 Å². The number of nitrogens with one attached hydrogen (secondary N) is 1. The quantitative estimate of drug-likeness (QED) is 0.679. The van der Waals surface area contributed by atoms with E-state index in [1.54, 1.807) is 35.1 Å². The second-order valence-electron chi connectivity index (χ2n) is 5.53. The highest BCUT2D eigenvalue weighted by Crippen LogP contribution is 2.24. The molecular formula is C18H19N3OS2. The van der Waals surface area contributed by atoms with Crippen LogP contribution in [0, 0.1) is 0 Å². The SMILES string of the molecule is CC(NC(=O)CCCc1cccs1)c1nc(-c2cccnc2)cs1. The summed E-state index contributed by atoms with van der Waals surface area (Å²) < 4.78 is 0. The molecule has 3 aromatic heterocycles. The third-order valence-corrected chi connectivity index (χ3v) is 5.60. The number of carbonyl (C=O) groups excluding carboxylic acids is 1. The van der Waals surface area contributed by atoms with Crippen LogP contribution in [0.5, 0.6) is 0 Å². The van der Waals surface area contributed by atoms with Gasteiger partial charge in [0.1, 0.15) is 5.01 Å². The second kappa shape index (κ2) is 8.17. The summed E-state index contributed by atoms with van der Waals surface area (Å²) in [4.78, 5) is 22.2. The molecule has 3 aromatic rings. The van der Waals surface area contributed by atoms with Gasteiger partial charge in [-0.2, -0.15) is 0 Å². The van der Waals surface area contributed by atoms with Gasteiger partial charge in [-0.3, -0.25) is 9.78 Å². The van der Waals surface area contributed by atoms with Crippen molar-refractivity contribution >= 4 is 28.6 Å². The number of pyridine rings is 1. The van der Waals surface area contributed by atoms with Crippen molar-refractivity contribution in [3.05, 3.63) is 57.3 Å². The number of rotatable bonds is 7. The standard InChI is InChI=1S/C18H19N3OS2/c1-13(20-17(22)8-2-6-15-7-4-10-23-15)18-21-16(12-24-18)14-5-3-9-19-11-14/h3-5,7,9-13H,2,6,8H2,1H3,(H,20,22). The summed E-state index contributed by atoms with van der Waals surface area (Å²) in [6.45, 7) is 1.98. The van der Waals surface area contributed by atoms with Crippen LogP contribution in [0.25, 0.3) is 11.3 Å². The first-order valence-electron chi connectivity index (χ1n) is 7.90. The Kier molecular flexibility index (Phi) is 5.72. The third kappa shape index (κ3) is 4.49. The Bertz CT molecular complexity index is 769. The topological polar surface area (TPSA) is 54.9 Å². The molecule has 6 heteroatoms. The van der Waals surface area contributed by atoms with E-state index in [1.165, 1.54) is 4.88 Å². The number of carbonyl (C=O) groups is 1. The number of nitrogens with zero attached hydrogens (tertiary/aromatic N) is 2. The Morgan fingerprint density at radius 2 is 2.21 bits per heavy atom. The third-order valence-electron chi connectivity index (χ3n) is 3.63. The molecule has 3 heterocycles. The summed E-state index contributed by atoms with van der Waals surface area (Å²) in [7, 11) is 0. The van der Waals surface area contributed by atoms with Crippen LogP contribution in [0.4, 0.5) is 0 Å². The lowest BCUT2D eigenvalue weighted by molar-refractivity contribution is -0.121. The van der Waals surface area contributed by atoms with Crippen LogP contribution in [0.3, 0.4) is 0 Å². The lowest BCUT2D eigenvalue weighted by Gasteiger charge is -2.11. The molecule has 3 rings (SSSR count). The molecule has 0 aliphatic carbocycles. The first-order valence-corrected chi connectivity index (χ1v) is 9.66. The number of thiazole rings is 1. The molecule has 0 saturated carbocycles. The number of amides is 1. The zero-order valence-corrected chi connectivity index (χ0v) is 15.1. The Hall–Kier alpha value is -2.05. The van der Waals surface area contributed by atoms with Crippen molar-refractivity contribution in [2.75, 3.05) is 0 Å². The van der Waals surface area contributed by atoms with E-state index in [1.807, 2.05) is 30.5 Å². The van der Waals surface area contributed by atoms with Gasteiger partial charge in [0.2, 0.25) is 5.91 Å². The maximum absolute atomic E-state index is 12.1. The Labute approximate surface area is 149 Å². The van der Waals surface area contributed by atoms with E-state index in [0.717, 1.165) is 29.1 Å². The molecule has 0 fully saturated rings. The van der Waals surface area contributed by atoms with Crippen LogP contribution in [0.15, 0.2) is 47.4 Å². The highest BCUT2D eigenvalue weighted by molar-refractivity contribution is 7.10. The lowest BCUT2D eigenvalue weighted by Crippen LogP contribution is -2.26. The highest BCUT2D eigenvalue weighted by atomic mass is 32.1. The van der Waals surface area contributed by atoms with Gasteiger partial charge >= 0.3 is 0 Å². The molecule has 0 saturated heterocycles. The fourth-order valence-corrected chi connectivity index (χ4v) is 3.97. The molecule has 1 amide bonds. The molecule has 0 aliphatic heterocycles. The van der Waals surface area contributed by atoms with Crippen LogP contribution in [-0.2, 0) is 11.2 Å². The Morgan fingerprint density at radius 3 is 2.96 bits per heavy atom. The first-order chi connectivity index (χ1) is 11.7. The van der Waals surface area contributed by atoms with Gasteiger partial charge in [-0.25, -0.2) is 4.98 Å². The van der Waals surface area contributed by atoms with Crippen LogP contribution >= 0.6 is 22.7 Å². The van der Waals surface area contributed by atoms with Gasteiger partial charge in [-0.05, 0) is 43.3 Å². The molecule has 1 unspecified atom stereocenters. The molecule has 0 aliphatic rings. The summed E-state index contributed by atoms with van der Waals surface area (Å²) in [5.74, 6) is 0.0807. The summed E-state index contributed by atoms with van der Waals surface area (Å²) in [6, 6.07) is 7.97. The molecule has 0 radical (unpaired) electrons. The number of aryl methyl sites for hydroxylation is 1. The van der Waals surface area contributed by atoms with Gasteiger partial charge in [0.05, 0.1) is 11.7 Å². The average molecular weight is 358 g/mol. The number of thiophene rings is 1. The summed E-state index contributed by atoms with van der Waals surface area (Å²) in [6.07, 6.45) is 5.92. The van der Waals surface area contributed by atoms with Crippen molar-refractivity contribution in [2.45, 2.75) is 32.2 Å². The van der Waals surface area contributed by atoms with Crippen molar-refractivity contribution in [3.63, 3.8) is 0 Å². The molecule has 0 spiro atoms. The monoisotopic (exact) mass is 357 g/mol. The lowest BCUT2D eigenvalue weighted by atomic mass is 10.2. The van der Waals surface area contributed by atoms with Crippen molar-refractivity contribution in [2.24, 2.45) is 0 Å². The molecule has 1 N–H and O–H groups in total. The van der Waals surface area contributed by atoms with Crippen LogP contribution in [-0.4, -0.2) is 15.9 Å². The molecule has 24 heavy (non-hydrogen) atoms. The summed E-state index contributed by atoms with van der Waals surface area (Å²) in [5.41, 5.74) is 1.90. The molecule has 1 atom stereocenters. The van der Waals surface area contributed by atoms with E-state index in [9.17, 15) is 4.79 Å². The summed E-state index contributed by atoms with van der Waals surface area (Å²) >= 11 is 3.31. The Morgan fingerprint density at radius 1 is 1.29 bits per heavy atom. The van der Waals surface area contributed by atoms with Crippen LogP contribution in [0.2, 0.25) is 0 Å². The van der Waals surface area contributed by atoms with Crippen LogP contribution < -0.4 is 5.32 Å². The van der Waals surface area contributed by atoms with Crippen molar-refractivity contribution in [1.29, 1.82) is 0 Å². The number of hydrogen-bond donors (Lipinski definition) is 1. The predicted octanol–water partition coefficient (Wildman–Crippen LogP) is 4.47. The van der Waals surface area contributed by atoms with Gasteiger partial charge in [-0.15, -0.1) is 22.7 Å². The van der Waals surface area contributed by atoms with Crippen LogP contribution in [0.1, 0.15) is 35.7 Å². The zero-order valence-electron chi connectivity index (χ0n) is 13.4. The van der Waals surface area contributed by atoms with Crippen molar-refractivity contribution in [1.82, 2.24) is 15.3 Å². The van der Waals surface area contributed by atoms with Crippen molar-refractivity contribution < 1.29 is 4.79 Å². The predicted molar refractivity (Wildman–Crippen MR) is 99.2 cm³/mol. The maximum Gasteiger partial charge on any atom is 0.220 e. The molecule has 0 bridgehead atoms. The van der Waals surface area contributed by atoms with Gasteiger partial charge in [0.25, 0.3) is 0 Å². The molecule has 124 valence electrons. The average Bonchev–Trinajstić information content (AvgIpc) is 3.27. The zero-order chi connectivity index (χ0) is 16.8. The smallest absolute Gasteiger partial charge is 0.220 e. The van der Waals surface area contributed by atoms with Gasteiger partial charge < -0.3 is 5.32 Å². The minimum atomic E-state index is -0.0744. The largest absolute Gasteiger partial charge is 0.347 e. The number of hydrogen-bond acceptors (Lipinski definition) is 5. The Balaban J connectivity index is 1.50. The van der Waals surface area contributed by atoms with E-state index in [2.05, 4.69) is 26.7 Å². The fraction of sp³-hybridized carbons (Fsp3) is 0.278. The normalized spacial score (nSPS) is 12.0. The van der Waals surface area contributed by atoms with Gasteiger partial charge in [0.15, 0.2) is 0 Å². The molecule has 0 aromatic carbocycles. The number of aromatic nitrogens is 2. The van der Waals surface area contributed by atoms with Gasteiger partial charge in [0, 0.05) is 34.6 Å². The van der Waals surface area contributed by atoms with E-state index >= 15 is 0 Å². The first kappa shape index (κ1) is 16.8. The van der Waals surface area contributed by atoms with E-state index < -0.39 is 0 Å².